The molecule has 1 N–H and O–H groups in total. The minimum atomic E-state index is -0.0436. The summed E-state index contributed by atoms with van der Waals surface area (Å²) < 4.78 is 5.37. The molecule has 0 atom stereocenters. The number of hydrogen-bond donors (Lipinski definition) is 1. The molecule has 2 aromatic heterocycles. The molecule has 0 unspecified atom stereocenters. The van der Waals surface area contributed by atoms with Crippen LogP contribution in [0.3, 0.4) is 0 Å². The highest BCUT2D eigenvalue weighted by Gasteiger charge is 2.11. The maximum Gasteiger partial charge on any atom is 0.252 e. The number of carbonyl (C=O) groups is 1. The van der Waals surface area contributed by atoms with E-state index < -0.39 is 0 Å². The van der Waals surface area contributed by atoms with Crippen LogP contribution >= 0.6 is 23.1 Å². The number of rotatable bonds is 5. The number of carbonyl (C=O) groups excluding carboxylic acids is 1. The number of nitrogens with one attached hydrogen (secondary N) is 1. The van der Waals surface area contributed by atoms with E-state index in [1.807, 2.05) is 54.1 Å². The van der Waals surface area contributed by atoms with Crippen LogP contribution in [0.1, 0.15) is 15.2 Å². The van der Waals surface area contributed by atoms with Crippen LogP contribution < -0.4 is 5.32 Å². The molecule has 5 heteroatoms. The molecule has 0 spiro atoms. The zero-order chi connectivity index (χ0) is 15.4. The van der Waals surface area contributed by atoms with E-state index in [9.17, 15) is 4.79 Å². The van der Waals surface area contributed by atoms with E-state index in [1.165, 1.54) is 0 Å². The highest BCUT2D eigenvalue weighted by Crippen LogP contribution is 2.26. The Balaban J connectivity index is 1.66. The molecular formula is C17H15NO2S2. The van der Waals surface area contributed by atoms with Crippen LogP contribution in [0.25, 0.3) is 11.3 Å². The summed E-state index contributed by atoms with van der Waals surface area (Å²) in [5.74, 6) is 0.805. The van der Waals surface area contributed by atoms with Gasteiger partial charge in [-0.3, -0.25) is 4.79 Å². The number of furan rings is 1. The molecule has 1 amide bonds. The maximum atomic E-state index is 12.3. The molecule has 0 saturated carbocycles. The fourth-order valence-electron chi connectivity index (χ4n) is 2.14. The smallest absolute Gasteiger partial charge is 0.252 e. The summed E-state index contributed by atoms with van der Waals surface area (Å²) in [5, 5.41) is 5.01. The summed E-state index contributed by atoms with van der Waals surface area (Å²) in [6.45, 7) is 0.521. The lowest BCUT2D eigenvalue weighted by atomic mass is 10.2. The van der Waals surface area contributed by atoms with Crippen molar-refractivity contribution in [1.82, 2.24) is 5.32 Å². The zero-order valence-electron chi connectivity index (χ0n) is 12.0. The van der Waals surface area contributed by atoms with E-state index >= 15 is 0 Å². The minimum absolute atomic E-state index is 0.0436. The van der Waals surface area contributed by atoms with E-state index in [-0.39, 0.29) is 5.91 Å². The van der Waals surface area contributed by atoms with Crippen molar-refractivity contribution in [2.75, 3.05) is 6.26 Å². The van der Waals surface area contributed by atoms with Crippen LogP contribution in [0.4, 0.5) is 0 Å². The van der Waals surface area contributed by atoms with Crippen molar-refractivity contribution in [3.63, 3.8) is 0 Å². The van der Waals surface area contributed by atoms with Gasteiger partial charge in [0.15, 0.2) is 0 Å². The van der Waals surface area contributed by atoms with Gasteiger partial charge in [0.1, 0.15) is 5.76 Å². The van der Waals surface area contributed by atoms with Gasteiger partial charge in [-0.25, -0.2) is 0 Å². The first-order valence-corrected chi connectivity index (χ1v) is 8.91. The maximum absolute atomic E-state index is 12.3. The topological polar surface area (TPSA) is 42.2 Å². The molecule has 0 aliphatic heterocycles. The molecule has 0 radical (unpaired) electrons. The Hall–Kier alpha value is -1.98. The van der Waals surface area contributed by atoms with Gasteiger partial charge >= 0.3 is 0 Å². The third kappa shape index (κ3) is 3.26. The average molecular weight is 329 g/mol. The molecule has 3 nitrogen and oxygen atoms in total. The first-order valence-electron chi connectivity index (χ1n) is 6.80. The number of thiophene rings is 1. The number of amides is 1. The average Bonchev–Trinajstić information content (AvgIpc) is 3.23. The van der Waals surface area contributed by atoms with Crippen LogP contribution in [0, 0.1) is 0 Å². The lowest BCUT2D eigenvalue weighted by molar-refractivity contribution is 0.0948. The summed E-state index contributed by atoms with van der Waals surface area (Å²) in [7, 11) is 0. The lowest BCUT2D eigenvalue weighted by Crippen LogP contribution is -2.22. The zero-order valence-corrected chi connectivity index (χ0v) is 13.7. The molecule has 112 valence electrons. The van der Waals surface area contributed by atoms with Gasteiger partial charge in [0.05, 0.1) is 18.4 Å². The molecule has 3 rings (SSSR count). The molecule has 2 heterocycles. The van der Waals surface area contributed by atoms with Gasteiger partial charge in [0.2, 0.25) is 0 Å². The molecule has 0 bridgehead atoms. The molecular weight excluding hydrogens is 314 g/mol. The Morgan fingerprint density at radius 2 is 2.14 bits per heavy atom. The first-order chi connectivity index (χ1) is 10.8. The summed E-state index contributed by atoms with van der Waals surface area (Å²) >= 11 is 3.19. The van der Waals surface area contributed by atoms with Crippen LogP contribution in [0.5, 0.6) is 0 Å². The Bertz CT molecular complexity index is 763. The van der Waals surface area contributed by atoms with E-state index in [2.05, 4.69) is 5.32 Å². The standard InChI is InChI=1S/C17H15NO2S2/c1-21-16-7-3-2-5-14(16)17(19)18-10-13-9-12(11-22-13)15-6-4-8-20-15/h2-9,11H,10H2,1H3,(H,18,19). The number of hydrogen-bond acceptors (Lipinski definition) is 4. The van der Waals surface area contributed by atoms with E-state index in [1.54, 1.807) is 29.4 Å². The van der Waals surface area contributed by atoms with E-state index in [4.69, 9.17) is 4.42 Å². The van der Waals surface area contributed by atoms with Gasteiger partial charge in [-0.1, -0.05) is 12.1 Å². The fourth-order valence-corrected chi connectivity index (χ4v) is 3.55. The van der Waals surface area contributed by atoms with Crippen LogP contribution in [-0.4, -0.2) is 12.2 Å². The molecule has 1 aromatic carbocycles. The summed E-state index contributed by atoms with van der Waals surface area (Å²) in [5.41, 5.74) is 1.77. The summed E-state index contributed by atoms with van der Waals surface area (Å²) in [6.07, 6.45) is 3.63. The fraction of sp³-hybridized carbons (Fsp3) is 0.118. The monoisotopic (exact) mass is 329 g/mol. The van der Waals surface area contributed by atoms with Crippen LogP contribution in [0.15, 0.2) is 63.4 Å². The van der Waals surface area contributed by atoms with E-state index in [0.717, 1.165) is 26.7 Å². The summed E-state index contributed by atoms with van der Waals surface area (Å²) in [6, 6.07) is 13.5. The number of benzene rings is 1. The van der Waals surface area contributed by atoms with Gasteiger partial charge in [-0.05, 0) is 36.6 Å². The second-order valence-corrected chi connectivity index (χ2v) is 6.51. The first kappa shape index (κ1) is 14.9. The number of thioether (sulfide) groups is 1. The second-order valence-electron chi connectivity index (χ2n) is 4.66. The van der Waals surface area contributed by atoms with Crippen molar-refractivity contribution in [1.29, 1.82) is 0 Å². The van der Waals surface area contributed by atoms with Gasteiger partial charge in [0, 0.05) is 20.7 Å². The molecule has 0 saturated heterocycles. The largest absolute Gasteiger partial charge is 0.464 e. The molecule has 3 aromatic rings. The molecule has 0 aliphatic rings. The van der Waals surface area contributed by atoms with Crippen molar-refractivity contribution >= 4 is 29.0 Å². The summed E-state index contributed by atoms with van der Waals surface area (Å²) in [4.78, 5) is 14.4. The highest BCUT2D eigenvalue weighted by atomic mass is 32.2. The van der Waals surface area contributed by atoms with Crippen molar-refractivity contribution < 1.29 is 9.21 Å². The van der Waals surface area contributed by atoms with Crippen molar-refractivity contribution in [2.24, 2.45) is 0 Å². The van der Waals surface area contributed by atoms with Crippen molar-refractivity contribution in [3.8, 4) is 11.3 Å². The van der Waals surface area contributed by atoms with Crippen molar-refractivity contribution in [2.45, 2.75) is 11.4 Å². The van der Waals surface area contributed by atoms with Crippen LogP contribution in [-0.2, 0) is 6.54 Å². The highest BCUT2D eigenvalue weighted by molar-refractivity contribution is 7.98. The Labute approximate surface area is 137 Å². The predicted molar refractivity (Wildman–Crippen MR) is 91.4 cm³/mol. The van der Waals surface area contributed by atoms with Gasteiger partial charge in [0.25, 0.3) is 5.91 Å². The Kier molecular flexibility index (Phi) is 4.65. The van der Waals surface area contributed by atoms with Gasteiger partial charge < -0.3 is 9.73 Å². The lowest BCUT2D eigenvalue weighted by Gasteiger charge is -2.07. The Morgan fingerprint density at radius 1 is 1.27 bits per heavy atom. The third-order valence-corrected chi connectivity index (χ3v) is 4.97. The molecule has 0 aliphatic carbocycles. The minimum Gasteiger partial charge on any atom is -0.464 e. The van der Waals surface area contributed by atoms with E-state index in [0.29, 0.717) is 6.54 Å². The van der Waals surface area contributed by atoms with Crippen molar-refractivity contribution in [3.05, 3.63) is 64.5 Å². The normalized spacial score (nSPS) is 10.6. The molecule has 22 heavy (non-hydrogen) atoms. The SMILES string of the molecule is CSc1ccccc1C(=O)NCc1cc(-c2ccco2)cs1. The predicted octanol–water partition coefficient (Wildman–Crippen LogP) is 4.66. The quantitative estimate of drug-likeness (QED) is 0.692. The molecule has 0 fully saturated rings. The Morgan fingerprint density at radius 3 is 2.91 bits per heavy atom. The van der Waals surface area contributed by atoms with Crippen LogP contribution in [0.2, 0.25) is 0 Å². The second kappa shape index (κ2) is 6.85. The van der Waals surface area contributed by atoms with Gasteiger partial charge in [-0.15, -0.1) is 23.1 Å². The third-order valence-electron chi connectivity index (χ3n) is 3.23. The van der Waals surface area contributed by atoms with Gasteiger partial charge in [-0.2, -0.15) is 0 Å².